The van der Waals surface area contributed by atoms with Crippen molar-refractivity contribution in [1.82, 2.24) is 0 Å². The third kappa shape index (κ3) is 3.64. The molecule has 8 saturated carbocycles. The van der Waals surface area contributed by atoms with E-state index in [9.17, 15) is 9.67 Å². The molecule has 8 bridgehead atoms. The summed E-state index contributed by atoms with van der Waals surface area (Å²) >= 11 is 18.3. The Morgan fingerprint density at radius 2 is 0.967 bits per heavy atom. The molecular formula is C22H32Cl3O4P. The lowest BCUT2D eigenvalue weighted by atomic mass is 9.54. The standard InChI is InChI=1S/C22H32Cl3O4P/c23-22(24,25)19(26)30(27,28-20-7-13-1-14(8-20)3-15(2-13)9-20)29-21-10-16-4-17(11-21)6-18(5-16)12-21/h13-19,26H,1-12H2. The molecule has 0 amide bonds. The van der Waals surface area contributed by atoms with E-state index in [1.54, 1.807) is 0 Å². The Kier molecular flexibility index (Phi) is 5.02. The number of aliphatic hydroxyl groups is 1. The summed E-state index contributed by atoms with van der Waals surface area (Å²) < 4.78 is 25.3. The molecule has 0 aromatic rings. The first-order chi connectivity index (χ1) is 14.0. The molecule has 0 aromatic heterocycles. The lowest BCUT2D eigenvalue weighted by molar-refractivity contribution is -0.145. The van der Waals surface area contributed by atoms with Crippen molar-refractivity contribution in [3.8, 4) is 0 Å². The van der Waals surface area contributed by atoms with Gasteiger partial charge >= 0.3 is 7.60 Å². The first kappa shape index (κ1) is 21.5. The Labute approximate surface area is 194 Å². The zero-order valence-electron chi connectivity index (χ0n) is 17.3. The maximum Gasteiger partial charge on any atom is 0.364 e. The molecule has 170 valence electrons. The van der Waals surface area contributed by atoms with E-state index in [0.29, 0.717) is 35.5 Å². The largest absolute Gasteiger partial charge is 0.377 e. The van der Waals surface area contributed by atoms with Crippen molar-refractivity contribution in [3.63, 3.8) is 0 Å². The molecule has 4 nitrogen and oxygen atoms in total. The van der Waals surface area contributed by atoms with Crippen molar-refractivity contribution in [2.75, 3.05) is 0 Å². The normalized spacial score (nSPS) is 51.9. The number of rotatable bonds is 5. The van der Waals surface area contributed by atoms with Crippen LogP contribution in [0.4, 0.5) is 0 Å². The third-order valence-corrected chi connectivity index (χ3v) is 12.5. The molecule has 8 rings (SSSR count). The molecule has 30 heavy (non-hydrogen) atoms. The van der Waals surface area contributed by atoms with Crippen LogP contribution in [0.1, 0.15) is 77.0 Å². The smallest absolute Gasteiger partial charge is 0.364 e. The van der Waals surface area contributed by atoms with Crippen LogP contribution < -0.4 is 0 Å². The van der Waals surface area contributed by atoms with Crippen molar-refractivity contribution in [3.05, 3.63) is 0 Å². The van der Waals surface area contributed by atoms with Gasteiger partial charge < -0.3 is 5.11 Å². The van der Waals surface area contributed by atoms with Crippen LogP contribution >= 0.6 is 42.4 Å². The Morgan fingerprint density at radius 1 is 0.700 bits per heavy atom. The Morgan fingerprint density at radius 3 is 1.20 bits per heavy atom. The van der Waals surface area contributed by atoms with Crippen LogP contribution in [0, 0.1) is 35.5 Å². The second kappa shape index (κ2) is 7.00. The van der Waals surface area contributed by atoms with Gasteiger partial charge in [0.2, 0.25) is 9.64 Å². The molecule has 1 N–H and O–H groups in total. The maximum absolute atomic E-state index is 14.4. The van der Waals surface area contributed by atoms with Gasteiger partial charge in [-0.1, -0.05) is 34.8 Å². The van der Waals surface area contributed by atoms with Crippen molar-refractivity contribution >= 4 is 42.4 Å². The number of halogens is 3. The highest BCUT2D eigenvalue weighted by atomic mass is 35.6. The summed E-state index contributed by atoms with van der Waals surface area (Å²) in [4.78, 5) is 0. The molecule has 0 spiro atoms. The van der Waals surface area contributed by atoms with Crippen LogP contribution in [-0.2, 0) is 13.6 Å². The number of hydrogen-bond acceptors (Lipinski definition) is 4. The first-order valence-corrected chi connectivity index (χ1v) is 14.5. The fourth-order valence-corrected chi connectivity index (χ4v) is 12.3. The van der Waals surface area contributed by atoms with Crippen LogP contribution in [0.2, 0.25) is 0 Å². The second-order valence-electron chi connectivity index (χ2n) is 11.8. The van der Waals surface area contributed by atoms with Crippen LogP contribution in [0.3, 0.4) is 0 Å². The maximum atomic E-state index is 14.4. The minimum absolute atomic E-state index is 0.497. The van der Waals surface area contributed by atoms with Gasteiger partial charge in [0.05, 0.1) is 11.2 Å². The second-order valence-corrected chi connectivity index (χ2v) is 16.1. The summed E-state index contributed by atoms with van der Waals surface area (Å²) in [5, 5.41) is 11.0. The number of alkyl halides is 3. The highest BCUT2D eigenvalue weighted by Gasteiger charge is 2.62. The summed E-state index contributed by atoms with van der Waals surface area (Å²) in [5.74, 6) is 1.95. The number of hydrogen-bond donors (Lipinski definition) is 1. The van der Waals surface area contributed by atoms with E-state index in [0.717, 1.165) is 38.5 Å². The molecule has 0 saturated heterocycles. The van der Waals surface area contributed by atoms with Gasteiger partial charge in [-0.15, -0.1) is 0 Å². The fraction of sp³-hybridized carbons (Fsp3) is 1.00. The Bertz CT molecular complexity index is 645. The number of aliphatic hydroxyl groups excluding tert-OH is 1. The van der Waals surface area contributed by atoms with Crippen LogP contribution in [0.5, 0.6) is 0 Å². The summed E-state index contributed by atoms with van der Waals surface area (Å²) in [5.41, 5.74) is -0.993. The molecule has 8 heteroatoms. The minimum Gasteiger partial charge on any atom is -0.377 e. The first-order valence-electron chi connectivity index (χ1n) is 11.8. The average Bonchev–Trinajstić information content (AvgIpc) is 2.56. The van der Waals surface area contributed by atoms with E-state index in [-0.39, 0.29) is 0 Å². The lowest BCUT2D eigenvalue weighted by Gasteiger charge is -2.59. The molecule has 0 aromatic carbocycles. The van der Waals surface area contributed by atoms with Gasteiger partial charge in [0.25, 0.3) is 0 Å². The van der Waals surface area contributed by atoms with Crippen molar-refractivity contribution < 1.29 is 18.7 Å². The van der Waals surface area contributed by atoms with Crippen LogP contribution in [0.15, 0.2) is 0 Å². The van der Waals surface area contributed by atoms with Crippen LogP contribution in [-0.4, -0.2) is 25.9 Å². The van der Waals surface area contributed by atoms with Gasteiger partial charge in [-0.3, -0.25) is 13.6 Å². The predicted octanol–water partition coefficient (Wildman–Crippen LogP) is 6.84. The average molecular weight is 498 g/mol. The van der Waals surface area contributed by atoms with Gasteiger partial charge in [0, 0.05) is 0 Å². The zero-order chi connectivity index (χ0) is 20.9. The molecular weight excluding hydrogens is 466 g/mol. The molecule has 0 heterocycles. The van der Waals surface area contributed by atoms with E-state index in [2.05, 4.69) is 0 Å². The fourth-order valence-electron chi connectivity index (χ4n) is 9.12. The zero-order valence-corrected chi connectivity index (χ0v) is 20.4. The SMILES string of the molecule is O=P(OC12CC3CC(CC(C3)C1)C2)(OC12CC3CC(CC(C3)C1)C2)C(O)C(Cl)(Cl)Cl. The van der Waals surface area contributed by atoms with Gasteiger partial charge in [-0.05, 0) is 113 Å². The lowest BCUT2D eigenvalue weighted by Crippen LogP contribution is -2.54. The van der Waals surface area contributed by atoms with Gasteiger partial charge in [0.1, 0.15) is 0 Å². The highest BCUT2D eigenvalue weighted by molar-refractivity contribution is 7.55. The summed E-state index contributed by atoms with van der Waals surface area (Å²) in [6.07, 6.45) is 12.8. The van der Waals surface area contributed by atoms with E-state index >= 15 is 0 Å². The monoisotopic (exact) mass is 496 g/mol. The summed E-state index contributed by atoms with van der Waals surface area (Å²) in [6.45, 7) is 0. The highest BCUT2D eigenvalue weighted by Crippen LogP contribution is 2.71. The van der Waals surface area contributed by atoms with Crippen molar-refractivity contribution in [1.29, 1.82) is 0 Å². The quantitative estimate of drug-likeness (QED) is 0.334. The predicted molar refractivity (Wildman–Crippen MR) is 118 cm³/mol. The van der Waals surface area contributed by atoms with E-state index < -0.39 is 28.4 Å². The molecule has 0 aliphatic heterocycles. The minimum atomic E-state index is -4.07. The topological polar surface area (TPSA) is 55.8 Å². The molecule has 8 aliphatic carbocycles. The van der Waals surface area contributed by atoms with Gasteiger partial charge in [0.15, 0.2) is 0 Å². The third-order valence-electron chi connectivity index (χ3n) is 9.20. The summed E-state index contributed by atoms with van der Waals surface area (Å²) in [7, 11) is -4.07. The molecule has 8 aliphatic rings. The Hall–Kier alpha value is 0.980. The van der Waals surface area contributed by atoms with Gasteiger partial charge in [-0.2, -0.15) is 0 Å². The van der Waals surface area contributed by atoms with Crippen LogP contribution in [0.25, 0.3) is 0 Å². The molecule has 8 fully saturated rings. The molecule has 0 radical (unpaired) electrons. The Balaban J connectivity index is 1.32. The summed E-state index contributed by atoms with van der Waals surface area (Å²) in [6, 6.07) is 0. The van der Waals surface area contributed by atoms with Crippen molar-refractivity contribution in [2.45, 2.75) is 97.9 Å². The van der Waals surface area contributed by atoms with E-state index in [1.165, 1.54) is 38.5 Å². The van der Waals surface area contributed by atoms with Crippen molar-refractivity contribution in [2.24, 2.45) is 35.5 Å². The van der Waals surface area contributed by atoms with E-state index in [4.69, 9.17) is 43.9 Å². The molecule has 1 atom stereocenters. The van der Waals surface area contributed by atoms with Gasteiger partial charge in [-0.25, -0.2) is 0 Å². The van der Waals surface area contributed by atoms with E-state index in [1.807, 2.05) is 0 Å². The molecule has 1 unspecified atom stereocenters.